The van der Waals surface area contributed by atoms with Crippen LogP contribution >= 0.6 is 0 Å². The van der Waals surface area contributed by atoms with E-state index >= 15 is 0 Å². The maximum absolute atomic E-state index is 4.36. The first-order valence-electron chi connectivity index (χ1n) is 7.23. The molecular formula is C16H18N4. The molecule has 102 valence electrons. The van der Waals surface area contributed by atoms with Crippen molar-refractivity contribution in [2.45, 2.75) is 18.3 Å². The molecule has 1 spiro atoms. The molecule has 0 unspecified atom stereocenters. The van der Waals surface area contributed by atoms with Crippen molar-refractivity contribution in [3.05, 3.63) is 48.3 Å². The highest BCUT2D eigenvalue weighted by Gasteiger charge is 2.41. The molecule has 2 aliphatic rings. The average Bonchev–Trinajstić information content (AvgIpc) is 2.88. The lowest BCUT2D eigenvalue weighted by Gasteiger charge is -2.39. The Hall–Kier alpha value is -2.10. The molecule has 0 radical (unpaired) electrons. The van der Waals surface area contributed by atoms with Crippen LogP contribution in [0.3, 0.4) is 0 Å². The number of rotatable bonds is 1. The fourth-order valence-corrected chi connectivity index (χ4v) is 3.49. The Labute approximate surface area is 118 Å². The summed E-state index contributed by atoms with van der Waals surface area (Å²) < 4.78 is 0. The van der Waals surface area contributed by atoms with Crippen molar-refractivity contribution in [2.24, 2.45) is 0 Å². The van der Waals surface area contributed by atoms with E-state index in [2.05, 4.69) is 44.5 Å². The number of hydrogen-bond acceptors (Lipinski definition) is 4. The van der Waals surface area contributed by atoms with Crippen molar-refractivity contribution < 1.29 is 0 Å². The maximum atomic E-state index is 4.36. The molecule has 0 bridgehead atoms. The normalized spacial score (nSPS) is 19.7. The van der Waals surface area contributed by atoms with Gasteiger partial charge in [-0.3, -0.25) is 0 Å². The van der Waals surface area contributed by atoms with Gasteiger partial charge in [0, 0.05) is 43.1 Å². The molecule has 1 fully saturated rings. The van der Waals surface area contributed by atoms with Gasteiger partial charge in [0.15, 0.2) is 0 Å². The number of nitrogens with zero attached hydrogens (tertiary/aromatic N) is 3. The topological polar surface area (TPSA) is 41.1 Å². The van der Waals surface area contributed by atoms with Crippen molar-refractivity contribution in [2.75, 3.05) is 29.9 Å². The molecule has 1 saturated heterocycles. The summed E-state index contributed by atoms with van der Waals surface area (Å²) in [5, 5.41) is 3.57. The molecule has 2 aliphatic heterocycles. The van der Waals surface area contributed by atoms with Crippen molar-refractivity contribution in [3.63, 3.8) is 0 Å². The van der Waals surface area contributed by atoms with Crippen LogP contribution in [0.15, 0.2) is 42.7 Å². The maximum Gasteiger partial charge on any atom is 0.225 e. The van der Waals surface area contributed by atoms with E-state index in [0.29, 0.717) is 5.41 Å². The minimum absolute atomic E-state index is 0.307. The van der Waals surface area contributed by atoms with Crippen molar-refractivity contribution in [3.8, 4) is 0 Å². The summed E-state index contributed by atoms with van der Waals surface area (Å²) >= 11 is 0. The van der Waals surface area contributed by atoms with Crippen LogP contribution in [0.2, 0.25) is 0 Å². The Morgan fingerprint density at radius 1 is 1.00 bits per heavy atom. The number of nitrogens with one attached hydrogen (secondary N) is 1. The van der Waals surface area contributed by atoms with Crippen LogP contribution in [0.25, 0.3) is 0 Å². The van der Waals surface area contributed by atoms with E-state index in [0.717, 1.165) is 38.4 Å². The van der Waals surface area contributed by atoms with Crippen molar-refractivity contribution in [1.82, 2.24) is 9.97 Å². The minimum atomic E-state index is 0.307. The third kappa shape index (κ3) is 1.75. The van der Waals surface area contributed by atoms with Crippen LogP contribution in [0, 0.1) is 0 Å². The molecule has 1 aromatic carbocycles. The summed E-state index contributed by atoms with van der Waals surface area (Å²) in [6, 6.07) is 10.6. The summed E-state index contributed by atoms with van der Waals surface area (Å²) in [6.45, 7) is 3.12. The van der Waals surface area contributed by atoms with Crippen LogP contribution in [0.1, 0.15) is 18.4 Å². The number of anilines is 2. The fraction of sp³-hybridized carbons (Fsp3) is 0.375. The first-order chi connectivity index (χ1) is 9.87. The van der Waals surface area contributed by atoms with Gasteiger partial charge in [0.25, 0.3) is 0 Å². The summed E-state index contributed by atoms with van der Waals surface area (Å²) in [5.41, 5.74) is 3.12. The number of fused-ring (bicyclic) bond motifs is 2. The summed E-state index contributed by atoms with van der Waals surface area (Å²) in [7, 11) is 0. The molecule has 0 aliphatic carbocycles. The summed E-state index contributed by atoms with van der Waals surface area (Å²) in [6.07, 6.45) is 5.96. The van der Waals surface area contributed by atoms with E-state index < -0.39 is 0 Å². The standard InChI is InChI=1S/C16H18N4/c1-2-5-14-13(4-1)16(12-19-14)6-10-20(11-7-16)15-17-8-3-9-18-15/h1-5,8-9,19H,6-7,10-12H2. The smallest absolute Gasteiger partial charge is 0.225 e. The lowest BCUT2D eigenvalue weighted by atomic mass is 9.74. The SMILES string of the molecule is c1cnc(N2CCC3(CC2)CNc2ccccc23)nc1. The van der Waals surface area contributed by atoms with Crippen LogP contribution in [0.5, 0.6) is 0 Å². The predicted octanol–water partition coefficient (Wildman–Crippen LogP) is 2.44. The Morgan fingerprint density at radius 2 is 1.75 bits per heavy atom. The molecule has 4 rings (SSSR count). The Bertz CT molecular complexity index is 603. The van der Waals surface area contributed by atoms with Gasteiger partial charge in [0.2, 0.25) is 5.95 Å². The highest BCUT2D eigenvalue weighted by atomic mass is 15.3. The van der Waals surface area contributed by atoms with E-state index in [1.54, 1.807) is 0 Å². The third-order valence-corrected chi connectivity index (χ3v) is 4.67. The van der Waals surface area contributed by atoms with Gasteiger partial charge < -0.3 is 10.2 Å². The Balaban J connectivity index is 1.56. The molecule has 4 nitrogen and oxygen atoms in total. The van der Waals surface area contributed by atoms with Crippen LogP contribution in [-0.2, 0) is 5.41 Å². The lowest BCUT2D eigenvalue weighted by molar-refractivity contribution is 0.359. The first kappa shape index (κ1) is 11.7. The van der Waals surface area contributed by atoms with E-state index in [4.69, 9.17) is 0 Å². The van der Waals surface area contributed by atoms with Gasteiger partial charge in [-0.05, 0) is 30.5 Å². The van der Waals surface area contributed by atoms with Gasteiger partial charge >= 0.3 is 0 Å². The molecule has 2 aromatic rings. The van der Waals surface area contributed by atoms with E-state index in [9.17, 15) is 0 Å². The summed E-state index contributed by atoms with van der Waals surface area (Å²) in [5.74, 6) is 0.863. The monoisotopic (exact) mass is 266 g/mol. The number of piperidine rings is 1. The first-order valence-corrected chi connectivity index (χ1v) is 7.23. The molecule has 20 heavy (non-hydrogen) atoms. The van der Waals surface area contributed by atoms with Gasteiger partial charge in [-0.2, -0.15) is 0 Å². The average molecular weight is 266 g/mol. The molecular weight excluding hydrogens is 248 g/mol. The molecule has 1 aromatic heterocycles. The molecule has 3 heterocycles. The summed E-state index contributed by atoms with van der Waals surface area (Å²) in [4.78, 5) is 11.0. The van der Waals surface area contributed by atoms with E-state index in [-0.39, 0.29) is 0 Å². The molecule has 0 atom stereocenters. The lowest BCUT2D eigenvalue weighted by Crippen LogP contribution is -2.44. The second-order valence-electron chi connectivity index (χ2n) is 5.72. The molecule has 0 saturated carbocycles. The van der Waals surface area contributed by atoms with Gasteiger partial charge in [0.05, 0.1) is 0 Å². The highest BCUT2D eigenvalue weighted by molar-refractivity contribution is 5.60. The van der Waals surface area contributed by atoms with Crippen LogP contribution in [-0.4, -0.2) is 29.6 Å². The Morgan fingerprint density at radius 3 is 2.55 bits per heavy atom. The minimum Gasteiger partial charge on any atom is -0.384 e. The second-order valence-corrected chi connectivity index (χ2v) is 5.72. The van der Waals surface area contributed by atoms with Gasteiger partial charge in [-0.25, -0.2) is 9.97 Å². The van der Waals surface area contributed by atoms with Crippen LogP contribution < -0.4 is 10.2 Å². The van der Waals surface area contributed by atoms with Gasteiger partial charge in [-0.1, -0.05) is 18.2 Å². The third-order valence-electron chi connectivity index (χ3n) is 4.67. The van der Waals surface area contributed by atoms with E-state index in [1.165, 1.54) is 11.3 Å². The molecule has 0 amide bonds. The fourth-order valence-electron chi connectivity index (χ4n) is 3.49. The number of benzene rings is 1. The predicted molar refractivity (Wildman–Crippen MR) is 80.1 cm³/mol. The number of aromatic nitrogens is 2. The van der Waals surface area contributed by atoms with Gasteiger partial charge in [-0.15, -0.1) is 0 Å². The zero-order valence-corrected chi connectivity index (χ0v) is 11.4. The second kappa shape index (κ2) is 4.47. The van der Waals surface area contributed by atoms with E-state index in [1.807, 2.05) is 18.5 Å². The zero-order chi connectivity index (χ0) is 13.4. The zero-order valence-electron chi connectivity index (χ0n) is 11.4. The Kier molecular flexibility index (Phi) is 2.62. The highest BCUT2D eigenvalue weighted by Crippen LogP contribution is 2.43. The van der Waals surface area contributed by atoms with Crippen molar-refractivity contribution in [1.29, 1.82) is 0 Å². The van der Waals surface area contributed by atoms with Gasteiger partial charge in [0.1, 0.15) is 0 Å². The number of hydrogen-bond donors (Lipinski definition) is 1. The van der Waals surface area contributed by atoms with Crippen molar-refractivity contribution >= 4 is 11.6 Å². The molecule has 1 N–H and O–H groups in total. The quantitative estimate of drug-likeness (QED) is 0.860. The van der Waals surface area contributed by atoms with Crippen LogP contribution in [0.4, 0.5) is 11.6 Å². The molecule has 4 heteroatoms. The number of para-hydroxylation sites is 1. The largest absolute Gasteiger partial charge is 0.384 e.